The lowest BCUT2D eigenvalue weighted by molar-refractivity contribution is 0.0803. The number of methoxy groups -OCH3 is 1. The molecule has 20 heavy (non-hydrogen) atoms. The standard InChI is InChI=1S/C15H26N2O3/c1-4-16-11-14-12-17-13(2)10-15(14)20-9-8-19-7-5-6-18-3/h10,12,16H,4-9,11H2,1-3H3. The van der Waals surface area contributed by atoms with E-state index in [0.29, 0.717) is 19.8 Å². The molecule has 1 aromatic heterocycles. The Morgan fingerprint density at radius 2 is 2.05 bits per heavy atom. The van der Waals surface area contributed by atoms with Crippen LogP contribution in [0.25, 0.3) is 0 Å². The molecule has 0 aliphatic heterocycles. The highest BCUT2D eigenvalue weighted by Gasteiger charge is 2.04. The second kappa shape index (κ2) is 10.6. The third-order valence-corrected chi connectivity index (χ3v) is 2.77. The van der Waals surface area contributed by atoms with Gasteiger partial charge < -0.3 is 19.5 Å². The second-order valence-corrected chi connectivity index (χ2v) is 4.52. The molecule has 1 N–H and O–H groups in total. The summed E-state index contributed by atoms with van der Waals surface area (Å²) < 4.78 is 16.2. The molecule has 1 aromatic rings. The molecule has 0 atom stereocenters. The molecule has 0 bridgehead atoms. The van der Waals surface area contributed by atoms with Gasteiger partial charge in [-0.3, -0.25) is 4.98 Å². The van der Waals surface area contributed by atoms with Crippen LogP contribution in [0, 0.1) is 6.92 Å². The third kappa shape index (κ3) is 6.84. The normalized spacial score (nSPS) is 10.8. The Labute approximate surface area is 121 Å². The van der Waals surface area contributed by atoms with Gasteiger partial charge in [0.1, 0.15) is 12.4 Å². The lowest BCUT2D eigenvalue weighted by atomic mass is 10.2. The first-order valence-electron chi connectivity index (χ1n) is 7.13. The summed E-state index contributed by atoms with van der Waals surface area (Å²) in [7, 11) is 1.70. The van der Waals surface area contributed by atoms with E-state index in [2.05, 4.69) is 17.2 Å². The van der Waals surface area contributed by atoms with Gasteiger partial charge in [0.15, 0.2) is 0 Å². The van der Waals surface area contributed by atoms with E-state index in [-0.39, 0.29) is 0 Å². The molecule has 0 aliphatic rings. The van der Waals surface area contributed by atoms with E-state index in [4.69, 9.17) is 14.2 Å². The van der Waals surface area contributed by atoms with Crippen LogP contribution in [0.4, 0.5) is 0 Å². The molecular formula is C15H26N2O3. The van der Waals surface area contributed by atoms with Crippen LogP contribution in [0.3, 0.4) is 0 Å². The highest BCUT2D eigenvalue weighted by atomic mass is 16.5. The maximum Gasteiger partial charge on any atom is 0.127 e. The van der Waals surface area contributed by atoms with Crippen LogP contribution in [0.2, 0.25) is 0 Å². The largest absolute Gasteiger partial charge is 0.491 e. The molecule has 0 saturated heterocycles. The smallest absolute Gasteiger partial charge is 0.127 e. The molecular weight excluding hydrogens is 256 g/mol. The number of nitrogens with one attached hydrogen (secondary N) is 1. The Kier molecular flexibility index (Phi) is 8.95. The van der Waals surface area contributed by atoms with Gasteiger partial charge in [0.05, 0.1) is 6.61 Å². The molecule has 0 amide bonds. The first-order valence-corrected chi connectivity index (χ1v) is 7.13. The number of ether oxygens (including phenoxy) is 3. The molecule has 5 nitrogen and oxygen atoms in total. The molecule has 0 spiro atoms. The molecule has 0 fully saturated rings. The van der Waals surface area contributed by atoms with Crippen LogP contribution in [0.1, 0.15) is 24.6 Å². The minimum atomic E-state index is 0.551. The Balaban J connectivity index is 2.32. The van der Waals surface area contributed by atoms with Gasteiger partial charge in [-0.15, -0.1) is 0 Å². The highest BCUT2D eigenvalue weighted by molar-refractivity contribution is 5.32. The van der Waals surface area contributed by atoms with Crippen LogP contribution < -0.4 is 10.1 Å². The number of hydrogen-bond acceptors (Lipinski definition) is 5. The number of pyridine rings is 1. The predicted molar refractivity (Wildman–Crippen MR) is 79.2 cm³/mol. The Bertz CT molecular complexity index is 372. The first-order chi connectivity index (χ1) is 9.77. The summed E-state index contributed by atoms with van der Waals surface area (Å²) in [5.41, 5.74) is 2.04. The lowest BCUT2D eigenvalue weighted by Gasteiger charge is -2.12. The Morgan fingerprint density at radius 1 is 1.20 bits per heavy atom. The first kappa shape index (κ1) is 16.9. The molecule has 5 heteroatoms. The van der Waals surface area contributed by atoms with Gasteiger partial charge in [-0.1, -0.05) is 6.92 Å². The summed E-state index contributed by atoms with van der Waals surface area (Å²) in [6.45, 7) is 8.32. The average molecular weight is 282 g/mol. The zero-order chi connectivity index (χ0) is 14.6. The average Bonchev–Trinajstić information content (AvgIpc) is 2.45. The van der Waals surface area contributed by atoms with Crippen molar-refractivity contribution >= 4 is 0 Å². The SMILES string of the molecule is CCNCc1cnc(C)cc1OCCOCCCOC. The number of aryl methyl sites for hydroxylation is 1. The maximum atomic E-state index is 5.79. The highest BCUT2D eigenvalue weighted by Crippen LogP contribution is 2.18. The number of aromatic nitrogens is 1. The predicted octanol–water partition coefficient (Wildman–Crippen LogP) is 1.93. The van der Waals surface area contributed by atoms with Crippen LogP contribution in [0.15, 0.2) is 12.3 Å². The zero-order valence-electron chi connectivity index (χ0n) is 12.8. The van der Waals surface area contributed by atoms with Gasteiger partial charge in [-0.05, 0) is 19.9 Å². The van der Waals surface area contributed by atoms with Crippen LogP contribution in [-0.4, -0.2) is 45.1 Å². The van der Waals surface area contributed by atoms with E-state index in [1.165, 1.54) is 0 Å². The molecule has 0 aromatic carbocycles. The van der Waals surface area contributed by atoms with Gasteiger partial charge in [-0.25, -0.2) is 0 Å². The summed E-state index contributed by atoms with van der Waals surface area (Å²) in [6.07, 6.45) is 2.78. The van der Waals surface area contributed by atoms with Crippen molar-refractivity contribution in [3.8, 4) is 5.75 Å². The summed E-state index contributed by atoms with van der Waals surface area (Å²) in [6, 6.07) is 1.97. The van der Waals surface area contributed by atoms with Crippen molar-refractivity contribution in [3.05, 3.63) is 23.5 Å². The van der Waals surface area contributed by atoms with E-state index in [1.54, 1.807) is 7.11 Å². The molecule has 0 radical (unpaired) electrons. The molecule has 114 valence electrons. The summed E-state index contributed by atoms with van der Waals surface area (Å²) >= 11 is 0. The van der Waals surface area contributed by atoms with E-state index >= 15 is 0 Å². The maximum absolute atomic E-state index is 5.79. The molecule has 1 heterocycles. The van der Waals surface area contributed by atoms with Crippen molar-refractivity contribution in [2.75, 3.05) is 40.1 Å². The third-order valence-electron chi connectivity index (χ3n) is 2.77. The van der Waals surface area contributed by atoms with Gasteiger partial charge in [0, 0.05) is 50.4 Å². The zero-order valence-corrected chi connectivity index (χ0v) is 12.8. The van der Waals surface area contributed by atoms with Crippen LogP contribution in [-0.2, 0) is 16.0 Å². The van der Waals surface area contributed by atoms with Crippen LogP contribution in [0.5, 0.6) is 5.75 Å². The molecule has 0 aliphatic carbocycles. The lowest BCUT2D eigenvalue weighted by Crippen LogP contribution is -2.15. The number of hydrogen-bond donors (Lipinski definition) is 1. The minimum absolute atomic E-state index is 0.551. The van der Waals surface area contributed by atoms with Gasteiger partial charge >= 0.3 is 0 Å². The minimum Gasteiger partial charge on any atom is -0.491 e. The quantitative estimate of drug-likeness (QED) is 0.629. The van der Waals surface area contributed by atoms with Crippen molar-refractivity contribution in [1.29, 1.82) is 0 Å². The monoisotopic (exact) mass is 282 g/mol. The van der Waals surface area contributed by atoms with Crippen molar-refractivity contribution in [2.24, 2.45) is 0 Å². The Hall–Kier alpha value is -1.17. The van der Waals surface area contributed by atoms with Crippen LogP contribution >= 0.6 is 0 Å². The Morgan fingerprint density at radius 3 is 2.80 bits per heavy atom. The fourth-order valence-corrected chi connectivity index (χ4v) is 1.71. The second-order valence-electron chi connectivity index (χ2n) is 4.52. The molecule has 1 rings (SSSR count). The number of rotatable bonds is 11. The van der Waals surface area contributed by atoms with E-state index < -0.39 is 0 Å². The van der Waals surface area contributed by atoms with Gasteiger partial charge in [-0.2, -0.15) is 0 Å². The number of nitrogens with zero attached hydrogens (tertiary/aromatic N) is 1. The molecule has 0 unspecified atom stereocenters. The summed E-state index contributed by atoms with van der Waals surface area (Å²) in [4.78, 5) is 4.31. The van der Waals surface area contributed by atoms with E-state index in [0.717, 1.165) is 43.1 Å². The van der Waals surface area contributed by atoms with Crippen molar-refractivity contribution in [3.63, 3.8) is 0 Å². The van der Waals surface area contributed by atoms with E-state index in [9.17, 15) is 0 Å². The fourth-order valence-electron chi connectivity index (χ4n) is 1.71. The molecule has 0 saturated carbocycles. The van der Waals surface area contributed by atoms with Gasteiger partial charge in [0.2, 0.25) is 0 Å². The summed E-state index contributed by atoms with van der Waals surface area (Å²) in [5, 5.41) is 3.28. The fraction of sp³-hybridized carbons (Fsp3) is 0.667. The van der Waals surface area contributed by atoms with E-state index in [1.807, 2.05) is 19.2 Å². The van der Waals surface area contributed by atoms with Crippen molar-refractivity contribution in [1.82, 2.24) is 10.3 Å². The van der Waals surface area contributed by atoms with Gasteiger partial charge in [0.25, 0.3) is 0 Å². The topological polar surface area (TPSA) is 52.6 Å². The van der Waals surface area contributed by atoms with Crippen molar-refractivity contribution in [2.45, 2.75) is 26.8 Å². The summed E-state index contributed by atoms with van der Waals surface area (Å²) in [5.74, 6) is 0.888. The van der Waals surface area contributed by atoms with Crippen molar-refractivity contribution < 1.29 is 14.2 Å².